The molecular weight excluding hydrogens is 254 g/mol. The van der Waals surface area contributed by atoms with Gasteiger partial charge in [-0.1, -0.05) is 19.4 Å². The molecule has 0 saturated carbocycles. The third-order valence-electron chi connectivity index (χ3n) is 3.36. The first-order valence-electron chi connectivity index (χ1n) is 7.11. The number of fused-ring (bicyclic) bond motifs is 1. The number of nitrogens with zero attached hydrogens (tertiary/aromatic N) is 2. The molecular formula is C15H23N3O2. The van der Waals surface area contributed by atoms with Crippen molar-refractivity contribution in [2.75, 3.05) is 26.1 Å². The van der Waals surface area contributed by atoms with E-state index in [1.54, 1.807) is 7.11 Å². The van der Waals surface area contributed by atoms with E-state index in [1.165, 1.54) is 0 Å². The summed E-state index contributed by atoms with van der Waals surface area (Å²) in [7, 11) is 1.71. The zero-order chi connectivity index (χ0) is 14.5. The van der Waals surface area contributed by atoms with Crippen LogP contribution in [0.1, 0.15) is 32.7 Å². The van der Waals surface area contributed by atoms with Gasteiger partial charge in [-0.25, -0.2) is 4.98 Å². The second kappa shape index (κ2) is 6.61. The SMILES string of the molecule is CCCC(COC)n1c(N)nc2c(OCC)cccc21. The Bertz CT molecular complexity index is 559. The lowest BCUT2D eigenvalue weighted by Crippen LogP contribution is -2.16. The molecule has 0 aliphatic rings. The van der Waals surface area contributed by atoms with E-state index in [0.29, 0.717) is 19.2 Å². The van der Waals surface area contributed by atoms with Crippen LogP contribution in [0.2, 0.25) is 0 Å². The lowest BCUT2D eigenvalue weighted by atomic mass is 10.1. The van der Waals surface area contributed by atoms with Crippen molar-refractivity contribution in [3.63, 3.8) is 0 Å². The normalized spacial score (nSPS) is 12.8. The molecule has 2 N–H and O–H groups in total. The van der Waals surface area contributed by atoms with Crippen LogP contribution in [-0.2, 0) is 4.74 Å². The Labute approximate surface area is 119 Å². The molecule has 110 valence electrons. The van der Waals surface area contributed by atoms with Gasteiger partial charge < -0.3 is 19.8 Å². The van der Waals surface area contributed by atoms with Crippen LogP contribution in [0.15, 0.2) is 18.2 Å². The van der Waals surface area contributed by atoms with E-state index in [-0.39, 0.29) is 6.04 Å². The summed E-state index contributed by atoms with van der Waals surface area (Å²) in [5.74, 6) is 1.30. The number of ether oxygens (including phenoxy) is 2. The number of rotatable bonds is 7. The molecule has 0 bridgehead atoms. The van der Waals surface area contributed by atoms with Crippen molar-refractivity contribution in [2.45, 2.75) is 32.7 Å². The molecule has 1 unspecified atom stereocenters. The number of anilines is 1. The van der Waals surface area contributed by atoms with Crippen molar-refractivity contribution < 1.29 is 9.47 Å². The first-order chi connectivity index (χ1) is 9.72. The average molecular weight is 277 g/mol. The maximum Gasteiger partial charge on any atom is 0.201 e. The maximum atomic E-state index is 6.12. The van der Waals surface area contributed by atoms with E-state index in [4.69, 9.17) is 15.2 Å². The highest BCUT2D eigenvalue weighted by atomic mass is 16.5. The number of para-hydroxylation sites is 1. The summed E-state index contributed by atoms with van der Waals surface area (Å²) in [4.78, 5) is 4.48. The van der Waals surface area contributed by atoms with Gasteiger partial charge in [-0.15, -0.1) is 0 Å². The van der Waals surface area contributed by atoms with E-state index in [0.717, 1.165) is 29.6 Å². The number of aromatic nitrogens is 2. The molecule has 5 nitrogen and oxygen atoms in total. The van der Waals surface area contributed by atoms with Crippen molar-refractivity contribution in [1.82, 2.24) is 9.55 Å². The first kappa shape index (κ1) is 14.7. The van der Waals surface area contributed by atoms with E-state index in [9.17, 15) is 0 Å². The van der Waals surface area contributed by atoms with Crippen LogP contribution in [0.3, 0.4) is 0 Å². The molecule has 5 heteroatoms. The summed E-state index contributed by atoms with van der Waals surface area (Å²) in [6, 6.07) is 6.13. The maximum absolute atomic E-state index is 6.12. The summed E-state index contributed by atoms with van der Waals surface area (Å²) < 4.78 is 13.0. The summed E-state index contributed by atoms with van der Waals surface area (Å²) in [6.45, 7) is 5.36. The van der Waals surface area contributed by atoms with Crippen molar-refractivity contribution in [1.29, 1.82) is 0 Å². The molecule has 1 heterocycles. The van der Waals surface area contributed by atoms with E-state index >= 15 is 0 Å². The summed E-state index contributed by atoms with van der Waals surface area (Å²) in [6.07, 6.45) is 2.07. The van der Waals surface area contributed by atoms with Gasteiger partial charge in [0.1, 0.15) is 11.3 Å². The number of nitrogens with two attached hydrogens (primary N) is 1. The second-order valence-corrected chi connectivity index (χ2v) is 4.79. The molecule has 0 radical (unpaired) electrons. The minimum atomic E-state index is 0.201. The number of hydrogen-bond donors (Lipinski definition) is 1. The van der Waals surface area contributed by atoms with Crippen LogP contribution in [0, 0.1) is 0 Å². The van der Waals surface area contributed by atoms with E-state index in [2.05, 4.69) is 16.5 Å². The highest BCUT2D eigenvalue weighted by molar-refractivity contribution is 5.84. The molecule has 0 spiro atoms. The number of benzene rings is 1. The van der Waals surface area contributed by atoms with Crippen LogP contribution in [-0.4, -0.2) is 29.9 Å². The lowest BCUT2D eigenvalue weighted by molar-refractivity contribution is 0.153. The Kier molecular flexibility index (Phi) is 4.84. The zero-order valence-corrected chi connectivity index (χ0v) is 12.4. The molecule has 1 aromatic carbocycles. The monoisotopic (exact) mass is 277 g/mol. The van der Waals surface area contributed by atoms with Crippen LogP contribution in [0.5, 0.6) is 5.75 Å². The molecule has 0 saturated heterocycles. The molecule has 0 fully saturated rings. The largest absolute Gasteiger partial charge is 0.492 e. The lowest BCUT2D eigenvalue weighted by Gasteiger charge is -2.19. The van der Waals surface area contributed by atoms with Gasteiger partial charge in [0.25, 0.3) is 0 Å². The van der Waals surface area contributed by atoms with Crippen molar-refractivity contribution in [3.8, 4) is 5.75 Å². The van der Waals surface area contributed by atoms with Gasteiger partial charge in [-0.3, -0.25) is 0 Å². The minimum absolute atomic E-state index is 0.201. The Hall–Kier alpha value is -1.75. The van der Waals surface area contributed by atoms with Crippen LogP contribution in [0.25, 0.3) is 11.0 Å². The van der Waals surface area contributed by atoms with Crippen molar-refractivity contribution in [2.24, 2.45) is 0 Å². The predicted octanol–water partition coefficient (Wildman–Crippen LogP) is 3.00. The summed E-state index contributed by atoms with van der Waals surface area (Å²) >= 11 is 0. The number of hydrogen-bond acceptors (Lipinski definition) is 4. The molecule has 1 aromatic heterocycles. The third-order valence-corrected chi connectivity index (χ3v) is 3.36. The minimum Gasteiger partial charge on any atom is -0.492 e. The predicted molar refractivity (Wildman–Crippen MR) is 81.1 cm³/mol. The Morgan fingerprint density at radius 2 is 2.15 bits per heavy atom. The number of methoxy groups -OCH3 is 1. The fraction of sp³-hybridized carbons (Fsp3) is 0.533. The highest BCUT2D eigenvalue weighted by Gasteiger charge is 2.19. The average Bonchev–Trinajstić information content (AvgIpc) is 2.76. The van der Waals surface area contributed by atoms with Gasteiger partial charge in [0.15, 0.2) is 0 Å². The highest BCUT2D eigenvalue weighted by Crippen LogP contribution is 2.31. The van der Waals surface area contributed by atoms with Crippen LogP contribution >= 0.6 is 0 Å². The standard InChI is InChI=1S/C15H23N3O2/c1-4-7-11(10-19-3)18-12-8-6-9-13(20-5-2)14(12)17-15(18)16/h6,8-9,11H,4-5,7,10H2,1-3H3,(H2,16,17). The first-order valence-corrected chi connectivity index (χ1v) is 7.11. The fourth-order valence-corrected chi connectivity index (χ4v) is 2.58. The van der Waals surface area contributed by atoms with Crippen molar-refractivity contribution in [3.05, 3.63) is 18.2 Å². The summed E-state index contributed by atoms with van der Waals surface area (Å²) in [5, 5.41) is 0. The second-order valence-electron chi connectivity index (χ2n) is 4.79. The topological polar surface area (TPSA) is 62.3 Å². The smallest absolute Gasteiger partial charge is 0.201 e. The van der Waals surface area contributed by atoms with E-state index in [1.807, 2.05) is 25.1 Å². The molecule has 20 heavy (non-hydrogen) atoms. The Morgan fingerprint density at radius 1 is 1.35 bits per heavy atom. The Balaban J connectivity index is 2.52. The molecule has 0 amide bonds. The van der Waals surface area contributed by atoms with Gasteiger partial charge in [0.2, 0.25) is 5.95 Å². The number of imidazole rings is 1. The van der Waals surface area contributed by atoms with Crippen LogP contribution in [0.4, 0.5) is 5.95 Å². The van der Waals surface area contributed by atoms with Gasteiger partial charge >= 0.3 is 0 Å². The quantitative estimate of drug-likeness (QED) is 0.845. The van der Waals surface area contributed by atoms with Gasteiger partial charge in [-0.05, 0) is 25.5 Å². The Morgan fingerprint density at radius 3 is 2.80 bits per heavy atom. The van der Waals surface area contributed by atoms with Crippen molar-refractivity contribution >= 4 is 17.0 Å². The molecule has 0 aliphatic carbocycles. The fourth-order valence-electron chi connectivity index (χ4n) is 2.58. The zero-order valence-electron chi connectivity index (χ0n) is 12.4. The molecule has 2 aromatic rings. The number of nitrogen functional groups attached to an aromatic ring is 1. The molecule has 2 rings (SSSR count). The van der Waals surface area contributed by atoms with Crippen LogP contribution < -0.4 is 10.5 Å². The van der Waals surface area contributed by atoms with Gasteiger partial charge in [-0.2, -0.15) is 0 Å². The third kappa shape index (κ3) is 2.72. The molecule has 1 atom stereocenters. The van der Waals surface area contributed by atoms with E-state index < -0.39 is 0 Å². The summed E-state index contributed by atoms with van der Waals surface area (Å²) in [5.41, 5.74) is 7.95. The van der Waals surface area contributed by atoms with Gasteiger partial charge in [0.05, 0.1) is 24.8 Å². The molecule has 0 aliphatic heterocycles. The van der Waals surface area contributed by atoms with Gasteiger partial charge in [0, 0.05) is 7.11 Å².